The zero-order valence-electron chi connectivity index (χ0n) is 17.7. The van der Waals surface area contributed by atoms with Crippen molar-refractivity contribution in [2.75, 3.05) is 13.1 Å². The summed E-state index contributed by atoms with van der Waals surface area (Å²) in [6.45, 7) is 1.03. The molecular formula is C26H24F2N2O2. The minimum atomic E-state index is -0.938. The number of benzene rings is 1. The summed E-state index contributed by atoms with van der Waals surface area (Å²) in [5, 5.41) is 0. The fraction of sp³-hybridized carbons (Fsp3) is 0.346. The van der Waals surface area contributed by atoms with Crippen molar-refractivity contribution < 1.29 is 18.4 Å². The number of Topliss-reactive ketones (excluding diaryl/α,β-unsaturated/α-hetero) is 1. The number of allylic oxidation sites excluding steroid dienone is 1. The highest BCUT2D eigenvalue weighted by Gasteiger charge is 2.30. The Kier molecular flexibility index (Phi) is 5.45. The molecule has 0 radical (unpaired) electrons. The van der Waals surface area contributed by atoms with Gasteiger partial charge in [0, 0.05) is 43.1 Å². The van der Waals surface area contributed by atoms with E-state index in [-0.39, 0.29) is 24.0 Å². The molecule has 1 fully saturated rings. The van der Waals surface area contributed by atoms with Gasteiger partial charge in [-0.05, 0) is 54.2 Å². The Hall–Kier alpha value is -3.15. The van der Waals surface area contributed by atoms with Crippen LogP contribution in [0.5, 0.6) is 0 Å². The number of carbonyl (C=O) groups is 2. The van der Waals surface area contributed by atoms with Crippen LogP contribution < -0.4 is 0 Å². The maximum atomic E-state index is 13.4. The van der Waals surface area contributed by atoms with E-state index in [2.05, 4.69) is 18.2 Å². The number of nitrogens with zero attached hydrogens (tertiary/aromatic N) is 2. The third kappa shape index (κ3) is 4.27. The quantitative estimate of drug-likeness (QED) is 0.681. The molecular weight excluding hydrogens is 410 g/mol. The molecule has 2 heterocycles. The van der Waals surface area contributed by atoms with Gasteiger partial charge in [0.15, 0.2) is 11.6 Å². The van der Waals surface area contributed by atoms with Gasteiger partial charge in [0.25, 0.3) is 0 Å². The highest BCUT2D eigenvalue weighted by Crippen LogP contribution is 2.34. The Balaban J connectivity index is 1.31. The van der Waals surface area contributed by atoms with Gasteiger partial charge in [0.1, 0.15) is 5.78 Å². The molecule has 0 bridgehead atoms. The fourth-order valence-electron chi connectivity index (χ4n) is 4.46. The second-order valence-electron chi connectivity index (χ2n) is 8.79. The molecule has 0 atom stereocenters. The molecule has 1 aliphatic heterocycles. The van der Waals surface area contributed by atoms with E-state index in [9.17, 15) is 18.4 Å². The summed E-state index contributed by atoms with van der Waals surface area (Å²) < 4.78 is 26.6. The molecule has 0 saturated heterocycles. The molecule has 4 nitrogen and oxygen atoms in total. The Morgan fingerprint density at radius 1 is 1.09 bits per heavy atom. The lowest BCUT2D eigenvalue weighted by Gasteiger charge is -2.27. The molecule has 2 aromatic rings. The highest BCUT2D eigenvalue weighted by molar-refractivity contribution is 5.86. The van der Waals surface area contributed by atoms with Crippen LogP contribution in [0.1, 0.15) is 47.3 Å². The number of hydrogen-bond acceptors (Lipinski definition) is 3. The average Bonchev–Trinajstić information content (AvgIpc) is 3.54. The number of hydrogen-bond donors (Lipinski definition) is 0. The number of pyridine rings is 1. The zero-order valence-corrected chi connectivity index (χ0v) is 17.7. The molecule has 32 heavy (non-hydrogen) atoms. The van der Waals surface area contributed by atoms with Crippen LogP contribution in [0.3, 0.4) is 0 Å². The maximum Gasteiger partial charge on any atom is 0.227 e. The first-order valence-electron chi connectivity index (χ1n) is 11.1. The third-order valence-corrected chi connectivity index (χ3v) is 6.42. The van der Waals surface area contributed by atoms with Crippen molar-refractivity contribution in [3.63, 3.8) is 0 Å². The molecule has 1 saturated carbocycles. The average molecular weight is 434 g/mol. The molecule has 6 heteroatoms. The first-order valence-corrected chi connectivity index (χ1v) is 11.1. The lowest BCUT2D eigenvalue weighted by atomic mass is 9.93. The van der Waals surface area contributed by atoms with Crippen LogP contribution in [-0.2, 0) is 28.9 Å². The zero-order chi connectivity index (χ0) is 22.2. The van der Waals surface area contributed by atoms with Crippen LogP contribution in [0.25, 0.3) is 11.6 Å². The lowest BCUT2D eigenvalue weighted by molar-refractivity contribution is -0.130. The molecule has 5 rings (SSSR count). The van der Waals surface area contributed by atoms with E-state index in [1.807, 2.05) is 6.07 Å². The summed E-state index contributed by atoms with van der Waals surface area (Å²) in [7, 11) is 0. The Labute approximate surface area is 185 Å². The van der Waals surface area contributed by atoms with Crippen LogP contribution in [-0.4, -0.2) is 34.7 Å². The normalized spacial score (nSPS) is 17.3. The van der Waals surface area contributed by atoms with Gasteiger partial charge in [-0.3, -0.25) is 14.6 Å². The van der Waals surface area contributed by atoms with Gasteiger partial charge in [0.05, 0.1) is 12.1 Å². The van der Waals surface area contributed by atoms with Gasteiger partial charge in [-0.2, -0.15) is 0 Å². The molecule has 1 aromatic heterocycles. The van der Waals surface area contributed by atoms with Crippen molar-refractivity contribution in [2.45, 2.75) is 38.5 Å². The second kappa shape index (κ2) is 8.41. The van der Waals surface area contributed by atoms with Gasteiger partial charge in [-0.1, -0.05) is 24.3 Å². The molecule has 0 N–H and O–H groups in total. The summed E-state index contributed by atoms with van der Waals surface area (Å²) in [6.07, 6.45) is 10.1. The molecule has 0 unspecified atom stereocenters. The molecule has 2 aliphatic carbocycles. The highest BCUT2D eigenvalue weighted by atomic mass is 19.2. The SMILES string of the molecule is O=C(Cc1cc(C2=CCN(C(=O)Cc3ccc(F)c(F)c3)CC2)c2c(n1)CC=C2)C1CC1. The van der Waals surface area contributed by atoms with Crippen molar-refractivity contribution in [1.29, 1.82) is 0 Å². The molecule has 3 aliphatic rings. The largest absolute Gasteiger partial charge is 0.338 e. The molecule has 164 valence electrons. The van der Waals surface area contributed by atoms with E-state index in [1.54, 1.807) is 4.90 Å². The smallest absolute Gasteiger partial charge is 0.227 e. The van der Waals surface area contributed by atoms with Gasteiger partial charge in [0.2, 0.25) is 5.91 Å². The Morgan fingerprint density at radius 3 is 2.66 bits per heavy atom. The van der Waals surface area contributed by atoms with Crippen molar-refractivity contribution in [3.8, 4) is 0 Å². The molecule has 1 aromatic carbocycles. The third-order valence-electron chi connectivity index (χ3n) is 6.42. The lowest BCUT2D eigenvalue weighted by Crippen LogP contribution is -2.35. The van der Waals surface area contributed by atoms with E-state index in [0.717, 1.165) is 59.5 Å². The van der Waals surface area contributed by atoms with Crippen molar-refractivity contribution >= 4 is 23.3 Å². The Morgan fingerprint density at radius 2 is 1.94 bits per heavy atom. The summed E-state index contributed by atoms with van der Waals surface area (Å²) in [5.74, 6) is -1.46. The van der Waals surface area contributed by atoms with E-state index < -0.39 is 11.6 Å². The number of ketones is 1. The summed E-state index contributed by atoms with van der Waals surface area (Å²) in [5.41, 5.74) is 5.68. The van der Waals surface area contributed by atoms with Crippen LogP contribution in [0.2, 0.25) is 0 Å². The van der Waals surface area contributed by atoms with Crippen molar-refractivity contribution in [1.82, 2.24) is 9.88 Å². The standard InChI is InChI=1S/C26H24F2N2O2/c27-22-7-4-16(12-23(22)28)13-26(32)30-10-8-17(9-11-30)21-14-19(15-25(31)18-5-6-18)29-24-3-1-2-20(21)24/h1-2,4,7-8,12,14,18H,3,5-6,9-11,13,15H2. The van der Waals surface area contributed by atoms with E-state index in [4.69, 9.17) is 4.98 Å². The number of carbonyl (C=O) groups excluding carboxylic acids is 2. The number of fused-ring (bicyclic) bond motifs is 1. The summed E-state index contributed by atoms with van der Waals surface area (Å²) in [4.78, 5) is 31.4. The monoisotopic (exact) mass is 434 g/mol. The van der Waals surface area contributed by atoms with Gasteiger partial charge >= 0.3 is 0 Å². The summed E-state index contributed by atoms with van der Waals surface area (Å²) >= 11 is 0. The van der Waals surface area contributed by atoms with E-state index in [1.165, 1.54) is 6.07 Å². The van der Waals surface area contributed by atoms with Crippen LogP contribution in [0.15, 0.2) is 36.4 Å². The minimum Gasteiger partial charge on any atom is -0.338 e. The maximum absolute atomic E-state index is 13.4. The fourth-order valence-corrected chi connectivity index (χ4v) is 4.46. The number of rotatable bonds is 6. The number of halogens is 2. The van der Waals surface area contributed by atoms with Gasteiger partial charge in [-0.15, -0.1) is 0 Å². The number of amides is 1. The van der Waals surface area contributed by atoms with Crippen molar-refractivity contribution in [2.24, 2.45) is 5.92 Å². The molecule has 0 spiro atoms. The van der Waals surface area contributed by atoms with Crippen LogP contribution in [0.4, 0.5) is 8.78 Å². The van der Waals surface area contributed by atoms with E-state index >= 15 is 0 Å². The topological polar surface area (TPSA) is 50.3 Å². The van der Waals surface area contributed by atoms with Gasteiger partial charge < -0.3 is 4.90 Å². The summed E-state index contributed by atoms with van der Waals surface area (Å²) in [6, 6.07) is 5.61. The van der Waals surface area contributed by atoms with Crippen LogP contribution in [0, 0.1) is 17.6 Å². The molecule has 1 amide bonds. The first-order chi connectivity index (χ1) is 15.5. The first kappa shape index (κ1) is 20.7. The van der Waals surface area contributed by atoms with Crippen molar-refractivity contribution in [3.05, 3.63) is 76.1 Å². The predicted octanol–water partition coefficient (Wildman–Crippen LogP) is 4.31. The number of aromatic nitrogens is 1. The van der Waals surface area contributed by atoms with Gasteiger partial charge in [-0.25, -0.2) is 8.78 Å². The van der Waals surface area contributed by atoms with Crippen LogP contribution >= 0.6 is 0 Å². The predicted molar refractivity (Wildman–Crippen MR) is 118 cm³/mol. The second-order valence-corrected chi connectivity index (χ2v) is 8.79. The Bertz CT molecular complexity index is 1160. The van der Waals surface area contributed by atoms with E-state index in [0.29, 0.717) is 31.5 Å². The minimum absolute atomic E-state index is 0.0428.